The van der Waals surface area contributed by atoms with Crippen LogP contribution in [0.4, 0.5) is 5.82 Å². The fourth-order valence-corrected chi connectivity index (χ4v) is 2.86. The van der Waals surface area contributed by atoms with Gasteiger partial charge >= 0.3 is 0 Å². The molecule has 1 N–H and O–H groups in total. The van der Waals surface area contributed by atoms with Gasteiger partial charge in [-0.3, -0.25) is 0 Å². The van der Waals surface area contributed by atoms with Gasteiger partial charge < -0.3 is 5.32 Å². The van der Waals surface area contributed by atoms with E-state index in [1.807, 2.05) is 6.07 Å². The van der Waals surface area contributed by atoms with Crippen LogP contribution in [-0.4, -0.2) is 16.0 Å². The Labute approximate surface area is 118 Å². The average molecular weight is 264 g/mol. The Morgan fingerprint density at radius 3 is 2.70 bits per heavy atom. The largest absolute Gasteiger partial charge is 0.365 e. The second kappa shape index (κ2) is 4.61. The van der Waals surface area contributed by atoms with E-state index < -0.39 is 0 Å². The molecule has 2 aromatic rings. The predicted octanol–water partition coefficient (Wildman–Crippen LogP) is 2.95. The molecule has 1 saturated carbocycles. The molecular weight excluding hydrogens is 248 g/mol. The summed E-state index contributed by atoms with van der Waals surface area (Å²) in [6, 6.07) is 12.9. The third-order valence-corrected chi connectivity index (χ3v) is 4.11. The Morgan fingerprint density at radius 1 is 1.25 bits per heavy atom. The van der Waals surface area contributed by atoms with Crippen molar-refractivity contribution in [3.8, 4) is 6.07 Å². The average Bonchev–Trinajstić information content (AvgIpc) is 3.01. The molecule has 100 valence electrons. The summed E-state index contributed by atoms with van der Waals surface area (Å²) in [5, 5.41) is 12.5. The quantitative estimate of drug-likeness (QED) is 0.925. The first kappa shape index (κ1) is 12.6. The van der Waals surface area contributed by atoms with Crippen LogP contribution in [0.1, 0.15) is 30.9 Å². The molecule has 4 nitrogen and oxygen atoms in total. The molecule has 1 aliphatic rings. The van der Waals surface area contributed by atoms with Gasteiger partial charge in [-0.2, -0.15) is 5.26 Å². The molecule has 20 heavy (non-hydrogen) atoms. The highest BCUT2D eigenvalue weighted by Gasteiger charge is 2.58. The summed E-state index contributed by atoms with van der Waals surface area (Å²) in [5.74, 6) is 1.06. The van der Waals surface area contributed by atoms with Crippen molar-refractivity contribution < 1.29 is 0 Å². The summed E-state index contributed by atoms with van der Waals surface area (Å²) < 4.78 is 0. The van der Waals surface area contributed by atoms with Crippen LogP contribution >= 0.6 is 0 Å². The van der Waals surface area contributed by atoms with E-state index in [4.69, 9.17) is 5.26 Å². The lowest BCUT2D eigenvalue weighted by Gasteiger charge is -2.07. The molecule has 4 heteroatoms. The fourth-order valence-electron chi connectivity index (χ4n) is 2.86. The van der Waals surface area contributed by atoms with Crippen LogP contribution in [0.25, 0.3) is 0 Å². The van der Waals surface area contributed by atoms with Crippen LogP contribution in [0.5, 0.6) is 0 Å². The van der Waals surface area contributed by atoms with E-state index in [0.29, 0.717) is 17.3 Å². The van der Waals surface area contributed by atoms with Crippen molar-refractivity contribution in [2.45, 2.75) is 25.8 Å². The van der Waals surface area contributed by atoms with Crippen LogP contribution in [0, 0.1) is 16.7 Å². The van der Waals surface area contributed by atoms with E-state index in [2.05, 4.69) is 59.5 Å². The first-order chi connectivity index (χ1) is 9.64. The summed E-state index contributed by atoms with van der Waals surface area (Å²) >= 11 is 0. The van der Waals surface area contributed by atoms with Gasteiger partial charge in [0, 0.05) is 12.0 Å². The molecule has 0 bridgehead atoms. The molecule has 1 heterocycles. The number of hydrogen-bond donors (Lipinski definition) is 1. The molecule has 0 radical (unpaired) electrons. The van der Waals surface area contributed by atoms with E-state index in [-0.39, 0.29) is 11.5 Å². The molecule has 0 aliphatic heterocycles. The Morgan fingerprint density at radius 2 is 2.00 bits per heavy atom. The van der Waals surface area contributed by atoms with Crippen molar-refractivity contribution in [2.24, 2.45) is 5.41 Å². The lowest BCUT2D eigenvalue weighted by atomic mass is 10.0. The van der Waals surface area contributed by atoms with Gasteiger partial charge in [0.15, 0.2) is 0 Å². The summed E-state index contributed by atoms with van der Waals surface area (Å²) in [7, 11) is 0. The zero-order chi connectivity index (χ0) is 14.2. The molecule has 1 aromatic carbocycles. The highest BCUT2D eigenvalue weighted by Crippen LogP contribution is 2.59. The molecule has 1 aliphatic carbocycles. The SMILES string of the molecule is CC1(C)[C@@H](Nc2ncncc2C#N)[C@@H]1c1ccccc1. The molecule has 0 spiro atoms. The Hall–Kier alpha value is -2.41. The number of aromatic nitrogens is 2. The third-order valence-electron chi connectivity index (χ3n) is 4.11. The highest BCUT2D eigenvalue weighted by atomic mass is 15.1. The number of rotatable bonds is 3. The number of nitrogens with one attached hydrogen (secondary N) is 1. The molecule has 3 rings (SSSR count). The van der Waals surface area contributed by atoms with Crippen molar-refractivity contribution >= 4 is 5.82 Å². The topological polar surface area (TPSA) is 61.6 Å². The minimum Gasteiger partial charge on any atom is -0.365 e. The monoisotopic (exact) mass is 264 g/mol. The minimum absolute atomic E-state index is 0.152. The second-order valence-corrected chi connectivity index (χ2v) is 5.73. The van der Waals surface area contributed by atoms with E-state index >= 15 is 0 Å². The first-order valence-electron chi connectivity index (χ1n) is 6.66. The molecule has 2 atom stereocenters. The third kappa shape index (κ3) is 2.01. The van der Waals surface area contributed by atoms with Gasteiger partial charge in [-0.25, -0.2) is 9.97 Å². The van der Waals surface area contributed by atoms with Crippen molar-refractivity contribution in [3.63, 3.8) is 0 Å². The molecule has 0 saturated heterocycles. The smallest absolute Gasteiger partial charge is 0.147 e. The number of hydrogen-bond acceptors (Lipinski definition) is 4. The number of benzene rings is 1. The van der Waals surface area contributed by atoms with Crippen molar-refractivity contribution in [1.29, 1.82) is 5.26 Å². The standard InChI is InChI=1S/C16H16N4/c1-16(2)13(11-6-4-3-5-7-11)14(16)20-15-12(8-17)9-18-10-19-15/h3-7,9-10,13-14H,1-2H3,(H,18,19,20)/t13-,14-/m0/s1. The lowest BCUT2D eigenvalue weighted by molar-refractivity contribution is 0.607. The molecular formula is C16H16N4. The van der Waals surface area contributed by atoms with E-state index in [9.17, 15) is 0 Å². The minimum atomic E-state index is 0.152. The van der Waals surface area contributed by atoms with E-state index in [0.717, 1.165) is 0 Å². The van der Waals surface area contributed by atoms with Gasteiger partial charge in [0.1, 0.15) is 23.8 Å². The molecule has 0 amide bonds. The van der Waals surface area contributed by atoms with Crippen LogP contribution in [0.15, 0.2) is 42.9 Å². The van der Waals surface area contributed by atoms with Gasteiger partial charge in [-0.1, -0.05) is 44.2 Å². The maximum Gasteiger partial charge on any atom is 0.147 e. The number of nitrogens with zero attached hydrogens (tertiary/aromatic N) is 3. The van der Waals surface area contributed by atoms with Gasteiger partial charge in [-0.05, 0) is 11.0 Å². The zero-order valence-corrected chi connectivity index (χ0v) is 11.5. The van der Waals surface area contributed by atoms with Crippen molar-refractivity contribution in [3.05, 3.63) is 54.0 Å². The van der Waals surface area contributed by atoms with Gasteiger partial charge in [0.2, 0.25) is 0 Å². The summed E-state index contributed by atoms with van der Waals surface area (Å²) in [5.41, 5.74) is 1.96. The van der Waals surface area contributed by atoms with Gasteiger partial charge in [0.05, 0.1) is 6.20 Å². The number of nitriles is 1. The van der Waals surface area contributed by atoms with Gasteiger partial charge in [-0.15, -0.1) is 0 Å². The Kier molecular flexibility index (Phi) is 2.90. The molecule has 1 aromatic heterocycles. The van der Waals surface area contributed by atoms with Crippen molar-refractivity contribution in [1.82, 2.24) is 9.97 Å². The molecule has 0 unspecified atom stereocenters. The normalized spacial score (nSPS) is 22.9. The zero-order valence-electron chi connectivity index (χ0n) is 11.5. The lowest BCUT2D eigenvalue weighted by Crippen LogP contribution is -2.11. The van der Waals surface area contributed by atoms with Crippen LogP contribution in [0.2, 0.25) is 0 Å². The second-order valence-electron chi connectivity index (χ2n) is 5.73. The predicted molar refractivity (Wildman–Crippen MR) is 77.1 cm³/mol. The van der Waals surface area contributed by atoms with E-state index in [1.165, 1.54) is 11.9 Å². The fraction of sp³-hybridized carbons (Fsp3) is 0.312. The number of anilines is 1. The maximum absolute atomic E-state index is 9.09. The van der Waals surface area contributed by atoms with E-state index in [1.54, 1.807) is 6.20 Å². The molecule has 1 fully saturated rings. The van der Waals surface area contributed by atoms with Crippen LogP contribution in [0.3, 0.4) is 0 Å². The van der Waals surface area contributed by atoms with Crippen LogP contribution < -0.4 is 5.32 Å². The summed E-state index contributed by atoms with van der Waals surface area (Å²) in [6.07, 6.45) is 3.01. The summed E-state index contributed by atoms with van der Waals surface area (Å²) in [6.45, 7) is 4.46. The van der Waals surface area contributed by atoms with Crippen LogP contribution in [-0.2, 0) is 0 Å². The Bertz CT molecular complexity index is 658. The maximum atomic E-state index is 9.09. The first-order valence-corrected chi connectivity index (χ1v) is 6.66. The highest BCUT2D eigenvalue weighted by molar-refractivity contribution is 5.54. The van der Waals surface area contributed by atoms with Gasteiger partial charge in [0.25, 0.3) is 0 Å². The Balaban J connectivity index is 1.84. The van der Waals surface area contributed by atoms with Crippen molar-refractivity contribution in [2.75, 3.05) is 5.32 Å². The summed E-state index contributed by atoms with van der Waals surface area (Å²) in [4.78, 5) is 8.06.